The van der Waals surface area contributed by atoms with Crippen LogP contribution < -0.4 is 4.74 Å². The number of unbranched alkanes of at least 4 members (excludes halogenated alkanes) is 2. The SMILES string of the molecule is CCCCCC1CCC(C2CCC(CCc3ccc(OC(C)=O)cc3)CC2)CC1. The van der Waals surface area contributed by atoms with E-state index in [-0.39, 0.29) is 5.97 Å². The van der Waals surface area contributed by atoms with E-state index in [1.54, 1.807) is 0 Å². The van der Waals surface area contributed by atoms with Crippen molar-refractivity contribution < 1.29 is 9.53 Å². The van der Waals surface area contributed by atoms with Crippen LogP contribution in [0.4, 0.5) is 0 Å². The second-order valence-electron chi connectivity index (χ2n) is 9.83. The van der Waals surface area contributed by atoms with Crippen LogP contribution in [0.3, 0.4) is 0 Å². The summed E-state index contributed by atoms with van der Waals surface area (Å²) in [6, 6.07) is 8.07. The van der Waals surface area contributed by atoms with Crippen LogP contribution >= 0.6 is 0 Å². The van der Waals surface area contributed by atoms with Crippen molar-refractivity contribution >= 4 is 5.97 Å². The number of esters is 1. The Balaban J connectivity index is 1.32. The first-order chi connectivity index (χ1) is 14.1. The smallest absolute Gasteiger partial charge is 0.308 e. The van der Waals surface area contributed by atoms with Crippen molar-refractivity contribution in [3.8, 4) is 5.75 Å². The molecule has 1 aromatic carbocycles. The van der Waals surface area contributed by atoms with Gasteiger partial charge in [-0.15, -0.1) is 0 Å². The first-order valence-corrected chi connectivity index (χ1v) is 12.4. The van der Waals surface area contributed by atoms with Gasteiger partial charge >= 0.3 is 5.97 Å². The molecule has 29 heavy (non-hydrogen) atoms. The van der Waals surface area contributed by atoms with Gasteiger partial charge in [0.05, 0.1) is 0 Å². The highest BCUT2D eigenvalue weighted by atomic mass is 16.5. The van der Waals surface area contributed by atoms with Crippen LogP contribution in [0.5, 0.6) is 5.75 Å². The maximum Gasteiger partial charge on any atom is 0.308 e. The molecule has 0 unspecified atom stereocenters. The number of benzene rings is 1. The van der Waals surface area contributed by atoms with Gasteiger partial charge in [-0.2, -0.15) is 0 Å². The van der Waals surface area contributed by atoms with Gasteiger partial charge in [0.2, 0.25) is 0 Å². The minimum absolute atomic E-state index is 0.250. The molecule has 2 heteroatoms. The van der Waals surface area contributed by atoms with Crippen molar-refractivity contribution in [3.63, 3.8) is 0 Å². The minimum Gasteiger partial charge on any atom is -0.427 e. The van der Waals surface area contributed by atoms with Crippen molar-refractivity contribution in [2.24, 2.45) is 23.7 Å². The van der Waals surface area contributed by atoms with Gasteiger partial charge in [-0.3, -0.25) is 4.79 Å². The van der Waals surface area contributed by atoms with E-state index in [0.717, 1.165) is 30.1 Å². The Bertz CT molecular complexity index is 589. The normalized spacial score (nSPS) is 27.5. The zero-order valence-corrected chi connectivity index (χ0v) is 18.8. The minimum atomic E-state index is -0.250. The summed E-state index contributed by atoms with van der Waals surface area (Å²) in [4.78, 5) is 11.0. The van der Waals surface area contributed by atoms with Crippen LogP contribution in [0.15, 0.2) is 24.3 Å². The van der Waals surface area contributed by atoms with Crippen molar-refractivity contribution in [1.29, 1.82) is 0 Å². The first-order valence-electron chi connectivity index (χ1n) is 12.4. The number of hydrogen-bond donors (Lipinski definition) is 0. The number of carbonyl (C=O) groups excluding carboxylic acids is 1. The van der Waals surface area contributed by atoms with Gasteiger partial charge in [0, 0.05) is 6.92 Å². The van der Waals surface area contributed by atoms with Gasteiger partial charge in [-0.05, 0) is 79.9 Å². The molecule has 2 nitrogen and oxygen atoms in total. The van der Waals surface area contributed by atoms with Gasteiger partial charge in [-0.1, -0.05) is 70.4 Å². The molecule has 162 valence electrons. The van der Waals surface area contributed by atoms with Crippen LogP contribution in [0.1, 0.15) is 103 Å². The van der Waals surface area contributed by atoms with Crippen molar-refractivity contribution in [2.45, 2.75) is 104 Å². The number of hydrogen-bond acceptors (Lipinski definition) is 2. The van der Waals surface area contributed by atoms with E-state index in [9.17, 15) is 4.79 Å². The average Bonchev–Trinajstić information content (AvgIpc) is 2.74. The molecule has 3 rings (SSSR count). The highest BCUT2D eigenvalue weighted by molar-refractivity contribution is 5.69. The Morgan fingerprint density at radius 1 is 0.828 bits per heavy atom. The maximum atomic E-state index is 11.0. The van der Waals surface area contributed by atoms with Crippen LogP contribution in [0.25, 0.3) is 0 Å². The molecule has 0 N–H and O–H groups in total. The summed E-state index contributed by atoms with van der Waals surface area (Å²) in [6.07, 6.45) is 20.1. The Morgan fingerprint density at radius 3 is 1.90 bits per heavy atom. The topological polar surface area (TPSA) is 26.3 Å². The average molecular weight is 399 g/mol. The van der Waals surface area contributed by atoms with Gasteiger partial charge in [0.15, 0.2) is 0 Å². The number of carbonyl (C=O) groups is 1. The molecule has 0 aromatic heterocycles. The summed E-state index contributed by atoms with van der Waals surface area (Å²) in [5.41, 5.74) is 1.37. The predicted molar refractivity (Wildman–Crippen MR) is 121 cm³/mol. The molecule has 2 saturated carbocycles. The molecule has 1 aromatic rings. The lowest BCUT2D eigenvalue weighted by Gasteiger charge is -2.38. The van der Waals surface area contributed by atoms with Gasteiger partial charge in [-0.25, -0.2) is 0 Å². The third-order valence-electron chi connectivity index (χ3n) is 7.69. The van der Waals surface area contributed by atoms with Crippen LogP contribution in [-0.4, -0.2) is 5.97 Å². The van der Waals surface area contributed by atoms with Gasteiger partial charge in [0.1, 0.15) is 5.75 Å². The van der Waals surface area contributed by atoms with Crippen LogP contribution in [0, 0.1) is 23.7 Å². The highest BCUT2D eigenvalue weighted by Crippen LogP contribution is 2.43. The lowest BCUT2D eigenvalue weighted by Crippen LogP contribution is -2.26. The molecule has 2 aliphatic rings. The highest BCUT2D eigenvalue weighted by Gasteiger charge is 2.30. The van der Waals surface area contributed by atoms with E-state index in [2.05, 4.69) is 19.1 Å². The van der Waals surface area contributed by atoms with Crippen molar-refractivity contribution in [3.05, 3.63) is 29.8 Å². The number of ether oxygens (including phenoxy) is 1. The number of rotatable bonds is 9. The summed E-state index contributed by atoms with van der Waals surface area (Å²) in [5.74, 6) is 4.41. The molecule has 0 saturated heterocycles. The molecule has 0 aliphatic heterocycles. The monoisotopic (exact) mass is 398 g/mol. The Kier molecular flexibility index (Phi) is 9.08. The predicted octanol–water partition coefficient (Wildman–Crippen LogP) is 7.74. The molecule has 0 radical (unpaired) electrons. The second kappa shape index (κ2) is 11.8. The summed E-state index contributed by atoms with van der Waals surface area (Å²) >= 11 is 0. The quantitative estimate of drug-likeness (QED) is 0.241. The largest absolute Gasteiger partial charge is 0.427 e. The lowest BCUT2D eigenvalue weighted by atomic mass is 9.68. The van der Waals surface area contributed by atoms with E-state index in [1.807, 2.05) is 12.1 Å². The third-order valence-corrected chi connectivity index (χ3v) is 7.69. The molecular formula is C27H42O2. The fourth-order valence-electron chi connectivity index (χ4n) is 5.84. The molecule has 0 amide bonds. The van der Waals surface area contributed by atoms with Crippen LogP contribution in [0.2, 0.25) is 0 Å². The number of aryl methyl sites for hydroxylation is 1. The Morgan fingerprint density at radius 2 is 1.38 bits per heavy atom. The van der Waals surface area contributed by atoms with Gasteiger partial charge < -0.3 is 4.74 Å². The summed E-state index contributed by atoms with van der Waals surface area (Å²) in [5, 5.41) is 0. The summed E-state index contributed by atoms with van der Waals surface area (Å²) in [6.45, 7) is 3.76. The van der Waals surface area contributed by atoms with Gasteiger partial charge in [0.25, 0.3) is 0 Å². The molecule has 2 aliphatic carbocycles. The first kappa shape index (κ1) is 22.4. The summed E-state index contributed by atoms with van der Waals surface area (Å²) < 4.78 is 5.13. The molecule has 2 fully saturated rings. The molecular weight excluding hydrogens is 356 g/mol. The molecule has 0 spiro atoms. The third kappa shape index (κ3) is 7.46. The fourth-order valence-corrected chi connectivity index (χ4v) is 5.84. The van der Waals surface area contributed by atoms with E-state index >= 15 is 0 Å². The fraction of sp³-hybridized carbons (Fsp3) is 0.741. The summed E-state index contributed by atoms with van der Waals surface area (Å²) in [7, 11) is 0. The Labute approximate surface area is 178 Å². The van der Waals surface area contributed by atoms with E-state index < -0.39 is 0 Å². The van der Waals surface area contributed by atoms with Crippen molar-refractivity contribution in [1.82, 2.24) is 0 Å². The zero-order chi connectivity index (χ0) is 20.5. The standard InChI is InChI=1S/C27H42O2/c1-3-4-5-6-22-9-15-25(16-10-22)26-17-11-23(12-18-26)7-8-24-13-19-27(20-14-24)29-21(2)28/h13-14,19-20,22-23,25-26H,3-12,15-18H2,1-2H3. The second-order valence-corrected chi connectivity index (χ2v) is 9.83. The van der Waals surface area contributed by atoms with Crippen LogP contribution in [-0.2, 0) is 11.2 Å². The lowest BCUT2D eigenvalue weighted by molar-refractivity contribution is -0.131. The van der Waals surface area contributed by atoms with E-state index in [4.69, 9.17) is 4.74 Å². The van der Waals surface area contributed by atoms with E-state index in [1.165, 1.54) is 96.0 Å². The van der Waals surface area contributed by atoms with E-state index in [0.29, 0.717) is 5.75 Å². The zero-order valence-electron chi connectivity index (χ0n) is 18.8. The molecule has 0 heterocycles. The van der Waals surface area contributed by atoms with Crippen molar-refractivity contribution in [2.75, 3.05) is 0 Å². The molecule has 0 bridgehead atoms. The Hall–Kier alpha value is -1.31. The maximum absolute atomic E-state index is 11.0. The molecule has 0 atom stereocenters.